The number of nitrogens with zero attached hydrogens (tertiary/aromatic N) is 1. The summed E-state index contributed by atoms with van der Waals surface area (Å²) < 4.78 is 0. The molecule has 1 aromatic heterocycles. The van der Waals surface area contributed by atoms with Crippen LogP contribution in [-0.4, -0.2) is 10.2 Å². The molecule has 100 valence electrons. The van der Waals surface area contributed by atoms with E-state index < -0.39 is 0 Å². The molecule has 0 N–H and O–H groups in total. The van der Waals surface area contributed by atoms with Gasteiger partial charge in [-0.05, 0) is 12.8 Å². The summed E-state index contributed by atoms with van der Waals surface area (Å²) in [7, 11) is 0. The van der Waals surface area contributed by atoms with Crippen LogP contribution in [-0.2, 0) is 5.75 Å². The molecule has 1 aliphatic carbocycles. The SMILES string of the molecule is c1ccc(-c2csc(CSC3CCCCC3)n2)cc1. The summed E-state index contributed by atoms with van der Waals surface area (Å²) in [5.41, 5.74) is 2.36. The third kappa shape index (κ3) is 3.61. The molecule has 3 rings (SSSR count). The zero-order valence-corrected chi connectivity index (χ0v) is 12.7. The fourth-order valence-electron chi connectivity index (χ4n) is 2.54. The third-order valence-corrected chi connectivity index (χ3v) is 6.03. The van der Waals surface area contributed by atoms with Gasteiger partial charge < -0.3 is 0 Å². The minimum Gasteiger partial charge on any atom is -0.240 e. The monoisotopic (exact) mass is 289 g/mol. The summed E-state index contributed by atoms with van der Waals surface area (Å²) in [5.74, 6) is 1.09. The lowest BCUT2D eigenvalue weighted by molar-refractivity contribution is 0.516. The van der Waals surface area contributed by atoms with Crippen LogP contribution in [0, 0.1) is 0 Å². The Hall–Kier alpha value is -0.800. The molecule has 2 aromatic rings. The van der Waals surface area contributed by atoms with E-state index in [4.69, 9.17) is 4.98 Å². The molecule has 0 amide bonds. The maximum atomic E-state index is 4.76. The Morgan fingerprint density at radius 1 is 1.11 bits per heavy atom. The second kappa shape index (κ2) is 6.58. The first-order chi connectivity index (χ1) is 9.42. The maximum Gasteiger partial charge on any atom is 0.103 e. The van der Waals surface area contributed by atoms with Crippen LogP contribution in [0.15, 0.2) is 35.7 Å². The summed E-state index contributed by atoms with van der Waals surface area (Å²) in [6.07, 6.45) is 7.09. The minimum absolute atomic E-state index is 0.873. The van der Waals surface area contributed by atoms with Gasteiger partial charge in [-0.2, -0.15) is 11.8 Å². The smallest absolute Gasteiger partial charge is 0.103 e. The van der Waals surface area contributed by atoms with Gasteiger partial charge in [0.2, 0.25) is 0 Å². The first-order valence-corrected chi connectivity index (χ1v) is 8.96. The van der Waals surface area contributed by atoms with Crippen molar-refractivity contribution in [3.05, 3.63) is 40.7 Å². The fraction of sp³-hybridized carbons (Fsp3) is 0.438. The first-order valence-electron chi connectivity index (χ1n) is 7.03. The largest absolute Gasteiger partial charge is 0.240 e. The Morgan fingerprint density at radius 2 is 1.89 bits per heavy atom. The molecule has 1 saturated carbocycles. The fourth-order valence-corrected chi connectivity index (χ4v) is 4.71. The van der Waals surface area contributed by atoms with Crippen molar-refractivity contribution in [1.82, 2.24) is 4.98 Å². The van der Waals surface area contributed by atoms with Crippen molar-refractivity contribution in [2.45, 2.75) is 43.1 Å². The predicted octanol–water partition coefficient (Wildman–Crippen LogP) is 5.38. The summed E-state index contributed by atoms with van der Waals surface area (Å²) in [4.78, 5) is 4.76. The molecule has 0 spiro atoms. The van der Waals surface area contributed by atoms with E-state index in [9.17, 15) is 0 Å². The van der Waals surface area contributed by atoms with Gasteiger partial charge in [-0.25, -0.2) is 4.98 Å². The van der Waals surface area contributed by atoms with Crippen LogP contribution < -0.4 is 0 Å². The molecule has 1 aliphatic rings. The number of benzene rings is 1. The van der Waals surface area contributed by atoms with Gasteiger partial charge in [0.25, 0.3) is 0 Å². The summed E-state index contributed by atoms with van der Waals surface area (Å²) in [5, 5.41) is 4.33. The Labute approximate surface area is 123 Å². The molecule has 19 heavy (non-hydrogen) atoms. The molecule has 0 bridgehead atoms. The lowest BCUT2D eigenvalue weighted by Gasteiger charge is -2.20. The van der Waals surface area contributed by atoms with Gasteiger partial charge in [0, 0.05) is 21.9 Å². The number of aromatic nitrogens is 1. The normalized spacial score (nSPS) is 16.6. The molecule has 0 unspecified atom stereocenters. The Kier molecular flexibility index (Phi) is 4.57. The van der Waals surface area contributed by atoms with E-state index in [0.717, 1.165) is 16.7 Å². The highest BCUT2D eigenvalue weighted by Gasteiger charge is 2.14. The van der Waals surface area contributed by atoms with Crippen LogP contribution in [0.2, 0.25) is 0 Å². The van der Waals surface area contributed by atoms with E-state index in [1.807, 2.05) is 0 Å². The molecule has 1 fully saturated rings. The lowest BCUT2D eigenvalue weighted by atomic mass is 10.0. The lowest BCUT2D eigenvalue weighted by Crippen LogP contribution is -2.08. The van der Waals surface area contributed by atoms with Crippen molar-refractivity contribution in [3.63, 3.8) is 0 Å². The first kappa shape index (κ1) is 13.2. The van der Waals surface area contributed by atoms with Crippen LogP contribution in [0.4, 0.5) is 0 Å². The molecule has 0 atom stereocenters. The van der Waals surface area contributed by atoms with Gasteiger partial charge in [-0.3, -0.25) is 0 Å². The van der Waals surface area contributed by atoms with Crippen LogP contribution in [0.3, 0.4) is 0 Å². The molecule has 1 aromatic carbocycles. The van der Waals surface area contributed by atoms with Crippen molar-refractivity contribution >= 4 is 23.1 Å². The average molecular weight is 289 g/mol. The molecular weight excluding hydrogens is 270 g/mol. The van der Waals surface area contributed by atoms with Crippen molar-refractivity contribution in [2.24, 2.45) is 0 Å². The van der Waals surface area contributed by atoms with Crippen molar-refractivity contribution in [3.8, 4) is 11.3 Å². The van der Waals surface area contributed by atoms with E-state index in [1.165, 1.54) is 42.7 Å². The maximum absolute atomic E-state index is 4.76. The molecule has 1 heterocycles. The van der Waals surface area contributed by atoms with E-state index in [0.29, 0.717) is 0 Å². The van der Waals surface area contributed by atoms with Crippen LogP contribution in [0.1, 0.15) is 37.1 Å². The van der Waals surface area contributed by atoms with Crippen molar-refractivity contribution < 1.29 is 0 Å². The zero-order chi connectivity index (χ0) is 12.9. The average Bonchev–Trinajstić information content (AvgIpc) is 2.96. The molecule has 0 aliphatic heterocycles. The Bertz CT molecular complexity index is 500. The number of hydrogen-bond acceptors (Lipinski definition) is 3. The van der Waals surface area contributed by atoms with Crippen molar-refractivity contribution in [2.75, 3.05) is 0 Å². The van der Waals surface area contributed by atoms with E-state index in [1.54, 1.807) is 11.3 Å². The molecule has 1 nitrogen and oxygen atoms in total. The van der Waals surface area contributed by atoms with Gasteiger partial charge in [-0.15, -0.1) is 11.3 Å². The van der Waals surface area contributed by atoms with Crippen LogP contribution in [0.5, 0.6) is 0 Å². The van der Waals surface area contributed by atoms with Crippen LogP contribution in [0.25, 0.3) is 11.3 Å². The summed E-state index contributed by atoms with van der Waals surface area (Å²) in [6, 6.07) is 10.5. The Morgan fingerprint density at radius 3 is 2.68 bits per heavy atom. The highest BCUT2D eigenvalue weighted by molar-refractivity contribution is 7.99. The molecule has 0 saturated heterocycles. The van der Waals surface area contributed by atoms with Crippen LogP contribution >= 0.6 is 23.1 Å². The number of rotatable bonds is 4. The number of hydrogen-bond donors (Lipinski definition) is 0. The zero-order valence-electron chi connectivity index (χ0n) is 11.0. The number of thioether (sulfide) groups is 1. The van der Waals surface area contributed by atoms with Gasteiger partial charge in [0.1, 0.15) is 5.01 Å². The standard InChI is InChI=1S/C16H19NS2/c1-3-7-13(8-4-1)15-11-19-16(17-15)12-18-14-9-5-2-6-10-14/h1,3-4,7-8,11,14H,2,5-6,9-10,12H2. The second-order valence-electron chi connectivity index (χ2n) is 5.06. The highest BCUT2D eigenvalue weighted by atomic mass is 32.2. The Balaban J connectivity index is 1.59. The minimum atomic E-state index is 0.873. The topological polar surface area (TPSA) is 12.9 Å². The highest BCUT2D eigenvalue weighted by Crippen LogP contribution is 2.32. The van der Waals surface area contributed by atoms with E-state index >= 15 is 0 Å². The van der Waals surface area contributed by atoms with Gasteiger partial charge in [0.15, 0.2) is 0 Å². The van der Waals surface area contributed by atoms with Crippen molar-refractivity contribution in [1.29, 1.82) is 0 Å². The summed E-state index contributed by atoms with van der Waals surface area (Å²) >= 11 is 3.91. The van der Waals surface area contributed by atoms with E-state index in [-0.39, 0.29) is 0 Å². The quantitative estimate of drug-likeness (QED) is 0.750. The number of thiazole rings is 1. The summed E-state index contributed by atoms with van der Waals surface area (Å²) in [6.45, 7) is 0. The third-order valence-electron chi connectivity index (χ3n) is 3.62. The molecule has 0 radical (unpaired) electrons. The molecule has 3 heteroatoms. The van der Waals surface area contributed by atoms with Gasteiger partial charge >= 0.3 is 0 Å². The predicted molar refractivity (Wildman–Crippen MR) is 85.7 cm³/mol. The van der Waals surface area contributed by atoms with Gasteiger partial charge in [0.05, 0.1) is 5.69 Å². The van der Waals surface area contributed by atoms with Gasteiger partial charge in [-0.1, -0.05) is 49.6 Å². The van der Waals surface area contributed by atoms with E-state index in [2.05, 4.69) is 47.5 Å². The second-order valence-corrected chi connectivity index (χ2v) is 7.29. The molecular formula is C16H19NS2.